The Balaban J connectivity index is 1.72. The Hall–Kier alpha value is -3.09. The minimum Gasteiger partial charge on any atom is -0.507 e. The molecule has 8 N–H and O–H groups in total. The number of fused-ring (bicyclic) bond motifs is 1. The monoisotopic (exact) mass is 450 g/mol. The van der Waals surface area contributed by atoms with E-state index < -0.39 is 71.8 Å². The summed E-state index contributed by atoms with van der Waals surface area (Å²) in [5.74, 6) is -2.85. The van der Waals surface area contributed by atoms with Crippen LogP contribution in [0.15, 0.2) is 24.3 Å². The van der Waals surface area contributed by atoms with Gasteiger partial charge in [-0.25, -0.2) is 0 Å². The molecule has 11 heteroatoms. The highest BCUT2D eigenvalue weighted by Gasteiger charge is 2.47. The Morgan fingerprint density at radius 3 is 2.28 bits per heavy atom. The van der Waals surface area contributed by atoms with Crippen molar-refractivity contribution in [3.8, 4) is 28.7 Å². The summed E-state index contributed by atoms with van der Waals surface area (Å²) in [6.45, 7) is -0.711. The zero-order chi connectivity index (χ0) is 23.3. The van der Waals surface area contributed by atoms with Gasteiger partial charge in [0, 0.05) is 6.07 Å². The fourth-order valence-corrected chi connectivity index (χ4v) is 4.02. The fraction of sp³-hybridized carbons (Fsp3) is 0.381. The van der Waals surface area contributed by atoms with E-state index in [0.717, 1.165) is 6.07 Å². The molecule has 2 heterocycles. The SMILES string of the molecule is O=C1C[C@@H](c2ccc(O)c(O)c2)Oc2cc(O)c([C@@H]3O[C@@H](CO)[C@@H](O)[C@H](O)[C@H]3O)c(O)c21. The largest absolute Gasteiger partial charge is 0.507 e. The van der Waals surface area contributed by atoms with E-state index in [0.29, 0.717) is 5.56 Å². The number of carbonyl (C=O) groups excluding carboxylic acids is 1. The lowest BCUT2D eigenvalue weighted by molar-refractivity contribution is -0.232. The number of phenolic OH excluding ortho intramolecular Hbond substituents is 4. The highest BCUT2D eigenvalue weighted by molar-refractivity contribution is 6.03. The molecular weight excluding hydrogens is 428 g/mol. The molecule has 4 rings (SSSR count). The Morgan fingerprint density at radius 2 is 1.62 bits per heavy atom. The van der Waals surface area contributed by atoms with Gasteiger partial charge >= 0.3 is 0 Å². The molecule has 6 atom stereocenters. The number of rotatable bonds is 3. The summed E-state index contributed by atoms with van der Waals surface area (Å²) in [6, 6.07) is 4.93. The molecule has 32 heavy (non-hydrogen) atoms. The maximum absolute atomic E-state index is 12.8. The molecule has 0 amide bonds. The van der Waals surface area contributed by atoms with Gasteiger partial charge in [-0.15, -0.1) is 0 Å². The molecule has 11 nitrogen and oxygen atoms in total. The third-order valence-corrected chi connectivity index (χ3v) is 5.75. The molecule has 0 aromatic heterocycles. The minimum absolute atomic E-state index is 0.165. The number of aromatic hydroxyl groups is 4. The third-order valence-electron chi connectivity index (χ3n) is 5.75. The molecule has 0 bridgehead atoms. The van der Waals surface area contributed by atoms with Crippen molar-refractivity contribution in [2.24, 2.45) is 0 Å². The number of hydrogen-bond donors (Lipinski definition) is 8. The summed E-state index contributed by atoms with van der Waals surface area (Å²) < 4.78 is 11.1. The molecule has 0 aliphatic carbocycles. The summed E-state index contributed by atoms with van der Waals surface area (Å²) >= 11 is 0. The zero-order valence-corrected chi connectivity index (χ0v) is 16.5. The molecule has 1 fully saturated rings. The van der Waals surface area contributed by atoms with Crippen molar-refractivity contribution in [2.75, 3.05) is 6.61 Å². The maximum Gasteiger partial charge on any atom is 0.174 e. The van der Waals surface area contributed by atoms with Crippen LogP contribution in [0.5, 0.6) is 28.7 Å². The molecule has 0 saturated carbocycles. The van der Waals surface area contributed by atoms with Gasteiger partial charge < -0.3 is 50.3 Å². The van der Waals surface area contributed by atoms with Gasteiger partial charge in [0.15, 0.2) is 17.3 Å². The molecule has 0 unspecified atom stereocenters. The Morgan fingerprint density at radius 1 is 0.906 bits per heavy atom. The summed E-state index contributed by atoms with van der Waals surface area (Å²) in [5.41, 5.74) is -0.316. The first kappa shape index (κ1) is 22.1. The summed E-state index contributed by atoms with van der Waals surface area (Å²) in [7, 11) is 0. The zero-order valence-electron chi connectivity index (χ0n) is 16.5. The lowest BCUT2D eigenvalue weighted by Gasteiger charge is -2.40. The van der Waals surface area contributed by atoms with Crippen LogP contribution in [0.4, 0.5) is 0 Å². The lowest BCUT2D eigenvalue weighted by atomic mass is 9.87. The molecule has 172 valence electrons. The van der Waals surface area contributed by atoms with Crippen LogP contribution in [0, 0.1) is 0 Å². The first-order valence-electron chi connectivity index (χ1n) is 9.75. The van der Waals surface area contributed by atoms with Crippen LogP contribution in [0.1, 0.15) is 40.1 Å². The first-order valence-corrected chi connectivity index (χ1v) is 9.75. The quantitative estimate of drug-likeness (QED) is 0.287. The van der Waals surface area contributed by atoms with Gasteiger partial charge in [-0.05, 0) is 17.7 Å². The number of ether oxygens (including phenoxy) is 2. The van der Waals surface area contributed by atoms with E-state index in [2.05, 4.69) is 0 Å². The van der Waals surface area contributed by atoms with Crippen LogP contribution >= 0.6 is 0 Å². The second-order valence-electron chi connectivity index (χ2n) is 7.76. The van der Waals surface area contributed by atoms with Crippen LogP contribution in [0.3, 0.4) is 0 Å². The average molecular weight is 450 g/mol. The van der Waals surface area contributed by atoms with E-state index in [1.54, 1.807) is 0 Å². The molecule has 2 aromatic rings. The van der Waals surface area contributed by atoms with Gasteiger partial charge in [0.1, 0.15) is 59.4 Å². The van der Waals surface area contributed by atoms with Crippen LogP contribution < -0.4 is 4.74 Å². The van der Waals surface area contributed by atoms with E-state index in [9.17, 15) is 45.6 Å². The summed E-state index contributed by atoms with van der Waals surface area (Å²) in [5, 5.41) is 80.1. The van der Waals surface area contributed by atoms with Crippen LogP contribution in [-0.2, 0) is 4.74 Å². The number of carbonyl (C=O) groups is 1. The van der Waals surface area contributed by atoms with E-state index in [1.165, 1.54) is 18.2 Å². The molecule has 2 aliphatic heterocycles. The average Bonchev–Trinajstić information content (AvgIpc) is 2.74. The van der Waals surface area contributed by atoms with Crippen LogP contribution in [-0.4, -0.2) is 77.7 Å². The van der Waals surface area contributed by atoms with Crippen molar-refractivity contribution in [3.05, 3.63) is 41.0 Å². The predicted octanol–water partition coefficient (Wildman–Crippen LogP) is -0.270. The van der Waals surface area contributed by atoms with E-state index in [4.69, 9.17) is 9.47 Å². The van der Waals surface area contributed by atoms with Crippen molar-refractivity contribution < 1.29 is 55.1 Å². The number of aliphatic hydroxyl groups excluding tert-OH is 4. The second kappa shape index (κ2) is 8.11. The number of phenols is 4. The molecule has 2 aliphatic rings. The smallest absolute Gasteiger partial charge is 0.174 e. The standard InChI is InChI=1S/C21H22O11/c22-6-14-17(27)19(29)20(30)21(32-14)16-11(26)5-13-15(18(16)28)10(25)4-12(31-13)7-1-2-8(23)9(24)3-7/h1-3,5,12,14,17,19-24,26-30H,4,6H2/t12-,14-,17+,19-,20+,21-/m0/s1. The van der Waals surface area contributed by atoms with Gasteiger partial charge in [0.25, 0.3) is 0 Å². The summed E-state index contributed by atoms with van der Waals surface area (Å²) in [4.78, 5) is 12.8. The van der Waals surface area contributed by atoms with Crippen molar-refractivity contribution in [2.45, 2.75) is 43.0 Å². The van der Waals surface area contributed by atoms with Gasteiger partial charge in [0.05, 0.1) is 18.6 Å². The number of hydrogen-bond acceptors (Lipinski definition) is 11. The lowest BCUT2D eigenvalue weighted by Crippen LogP contribution is -2.55. The number of ketones is 1. The minimum atomic E-state index is -1.78. The van der Waals surface area contributed by atoms with E-state index >= 15 is 0 Å². The van der Waals surface area contributed by atoms with Crippen molar-refractivity contribution in [3.63, 3.8) is 0 Å². The van der Waals surface area contributed by atoms with Crippen molar-refractivity contribution in [1.29, 1.82) is 0 Å². The van der Waals surface area contributed by atoms with E-state index in [-0.39, 0.29) is 23.5 Å². The second-order valence-corrected chi connectivity index (χ2v) is 7.76. The maximum atomic E-state index is 12.8. The molecule has 2 aromatic carbocycles. The van der Waals surface area contributed by atoms with E-state index in [1.807, 2.05) is 0 Å². The summed E-state index contributed by atoms with van der Waals surface area (Å²) in [6.07, 6.45) is -9.14. The van der Waals surface area contributed by atoms with Crippen LogP contribution in [0.25, 0.3) is 0 Å². The van der Waals surface area contributed by atoms with Crippen LogP contribution in [0.2, 0.25) is 0 Å². The van der Waals surface area contributed by atoms with Gasteiger partial charge in [0.2, 0.25) is 0 Å². The molecule has 0 radical (unpaired) electrons. The fourth-order valence-electron chi connectivity index (χ4n) is 4.02. The van der Waals surface area contributed by atoms with Gasteiger partial charge in [-0.2, -0.15) is 0 Å². The molecule has 1 saturated heterocycles. The van der Waals surface area contributed by atoms with Gasteiger partial charge in [-0.3, -0.25) is 4.79 Å². The number of Topliss-reactive ketones (excluding diaryl/α,β-unsaturated/α-hetero) is 1. The Bertz CT molecular complexity index is 1050. The highest BCUT2D eigenvalue weighted by Crippen LogP contribution is 2.49. The molecule has 0 spiro atoms. The third kappa shape index (κ3) is 3.49. The first-order chi connectivity index (χ1) is 15.1. The number of aliphatic hydroxyl groups is 4. The Labute approximate surface area is 181 Å². The Kier molecular flexibility index (Phi) is 5.61. The topological polar surface area (TPSA) is 197 Å². The normalized spacial score (nSPS) is 29.9. The number of benzene rings is 2. The molecular formula is C21H22O11. The predicted molar refractivity (Wildman–Crippen MR) is 105 cm³/mol. The van der Waals surface area contributed by atoms with Crippen molar-refractivity contribution in [1.82, 2.24) is 0 Å². The van der Waals surface area contributed by atoms with Crippen molar-refractivity contribution >= 4 is 5.78 Å². The van der Waals surface area contributed by atoms with Gasteiger partial charge in [-0.1, -0.05) is 6.07 Å². The highest BCUT2D eigenvalue weighted by atomic mass is 16.5.